The molecule has 19 heavy (non-hydrogen) atoms. The van der Waals surface area contributed by atoms with Gasteiger partial charge in [0, 0.05) is 12.2 Å². The molecular weight excluding hydrogens is 348 g/mol. The predicted octanol–water partition coefficient (Wildman–Crippen LogP) is 2.61. The van der Waals surface area contributed by atoms with Crippen molar-refractivity contribution in [1.82, 2.24) is 4.72 Å². The van der Waals surface area contributed by atoms with Crippen molar-refractivity contribution in [3.63, 3.8) is 0 Å². The van der Waals surface area contributed by atoms with E-state index in [0.717, 1.165) is 9.35 Å². The number of anilines is 1. The second-order valence-corrected chi connectivity index (χ2v) is 8.40. The van der Waals surface area contributed by atoms with Gasteiger partial charge in [-0.25, -0.2) is 13.1 Å². The minimum atomic E-state index is -3.40. The van der Waals surface area contributed by atoms with E-state index in [4.69, 9.17) is 5.73 Å². The van der Waals surface area contributed by atoms with Crippen LogP contribution < -0.4 is 10.5 Å². The molecule has 3 N–H and O–H groups in total. The number of rotatable bonds is 5. The molecule has 0 bridgehead atoms. The van der Waals surface area contributed by atoms with Crippen LogP contribution >= 0.6 is 27.3 Å². The third-order valence-electron chi connectivity index (χ3n) is 2.50. The van der Waals surface area contributed by atoms with Crippen LogP contribution in [-0.2, 0) is 16.4 Å². The maximum atomic E-state index is 11.9. The molecule has 0 atom stereocenters. The molecule has 0 saturated carbocycles. The second kappa shape index (κ2) is 6.04. The van der Waals surface area contributed by atoms with Gasteiger partial charge >= 0.3 is 0 Å². The van der Waals surface area contributed by atoms with Gasteiger partial charge in [-0.2, -0.15) is 0 Å². The molecular formula is C12H13BrN2O2S2. The average Bonchev–Trinajstić information content (AvgIpc) is 2.79. The van der Waals surface area contributed by atoms with Gasteiger partial charge in [0.25, 0.3) is 0 Å². The van der Waals surface area contributed by atoms with Crippen LogP contribution in [0.25, 0.3) is 0 Å². The fourth-order valence-corrected chi connectivity index (χ4v) is 4.61. The van der Waals surface area contributed by atoms with E-state index in [9.17, 15) is 8.42 Å². The summed E-state index contributed by atoms with van der Waals surface area (Å²) in [7, 11) is -3.40. The number of sulfonamides is 1. The van der Waals surface area contributed by atoms with Crippen LogP contribution in [0.5, 0.6) is 0 Å². The summed E-state index contributed by atoms with van der Waals surface area (Å²) >= 11 is 4.44. The third kappa shape index (κ3) is 4.04. The third-order valence-corrected chi connectivity index (χ3v) is 6.08. The highest BCUT2D eigenvalue weighted by Gasteiger charge is 2.15. The molecule has 7 heteroatoms. The summed E-state index contributed by atoms with van der Waals surface area (Å²) in [6, 6.07) is 10.7. The van der Waals surface area contributed by atoms with E-state index in [2.05, 4.69) is 20.7 Å². The van der Waals surface area contributed by atoms with Crippen LogP contribution in [0, 0.1) is 0 Å². The Kier molecular flexibility index (Phi) is 4.62. The fraction of sp³-hybridized carbons (Fsp3) is 0.167. The summed E-state index contributed by atoms with van der Waals surface area (Å²) in [6.45, 7) is 0.363. The van der Waals surface area contributed by atoms with Crippen molar-refractivity contribution < 1.29 is 8.42 Å². The Bertz CT molecular complexity index is 651. The van der Waals surface area contributed by atoms with Crippen LogP contribution in [0.15, 0.2) is 44.4 Å². The van der Waals surface area contributed by atoms with E-state index in [-0.39, 0.29) is 0 Å². The van der Waals surface area contributed by atoms with Gasteiger partial charge in [0.05, 0.1) is 3.79 Å². The van der Waals surface area contributed by atoms with Crippen molar-refractivity contribution in [2.75, 3.05) is 12.3 Å². The van der Waals surface area contributed by atoms with Crippen molar-refractivity contribution in [2.24, 2.45) is 0 Å². The molecule has 2 aromatic rings. The van der Waals surface area contributed by atoms with Crippen molar-refractivity contribution in [1.29, 1.82) is 0 Å². The normalized spacial score (nSPS) is 11.6. The number of halogens is 1. The maximum absolute atomic E-state index is 11.9. The molecule has 0 unspecified atom stereocenters. The second-order valence-electron chi connectivity index (χ2n) is 3.95. The first kappa shape index (κ1) is 14.5. The van der Waals surface area contributed by atoms with Crippen LogP contribution in [0.4, 0.5) is 5.69 Å². The summed E-state index contributed by atoms with van der Waals surface area (Å²) in [5.41, 5.74) is 7.34. The standard InChI is InChI=1S/C12H13BrN2O2S2/c13-11-5-6-12(18-11)19(16,17)15-8-7-9-1-3-10(14)4-2-9/h1-6,15H,7-8,14H2. The van der Waals surface area contributed by atoms with Crippen molar-refractivity contribution >= 4 is 43.0 Å². The molecule has 0 spiro atoms. The number of benzene rings is 1. The lowest BCUT2D eigenvalue weighted by molar-refractivity contribution is 0.584. The molecule has 0 aliphatic rings. The van der Waals surface area contributed by atoms with Crippen molar-refractivity contribution in [3.05, 3.63) is 45.7 Å². The first-order chi connectivity index (χ1) is 8.97. The lowest BCUT2D eigenvalue weighted by Gasteiger charge is -2.05. The van der Waals surface area contributed by atoms with E-state index >= 15 is 0 Å². The minimum Gasteiger partial charge on any atom is -0.399 e. The van der Waals surface area contributed by atoms with Crippen molar-refractivity contribution in [3.8, 4) is 0 Å². The molecule has 0 radical (unpaired) electrons. The Morgan fingerprint density at radius 2 is 1.84 bits per heavy atom. The first-order valence-electron chi connectivity index (χ1n) is 5.57. The average molecular weight is 361 g/mol. The Morgan fingerprint density at radius 3 is 2.42 bits per heavy atom. The summed E-state index contributed by atoms with van der Waals surface area (Å²) < 4.78 is 27.6. The Labute approximate surface area is 124 Å². The topological polar surface area (TPSA) is 72.2 Å². The predicted molar refractivity (Wildman–Crippen MR) is 81.8 cm³/mol. The highest BCUT2D eigenvalue weighted by Crippen LogP contribution is 2.25. The lowest BCUT2D eigenvalue weighted by atomic mass is 10.1. The molecule has 1 aromatic carbocycles. The Balaban J connectivity index is 1.93. The van der Waals surface area contributed by atoms with E-state index in [1.807, 2.05) is 12.1 Å². The molecule has 4 nitrogen and oxygen atoms in total. The van der Waals surface area contributed by atoms with Crippen LogP contribution in [-0.4, -0.2) is 15.0 Å². The summed E-state index contributed by atoms with van der Waals surface area (Å²) in [5, 5.41) is 0. The monoisotopic (exact) mass is 360 g/mol. The van der Waals surface area contributed by atoms with Gasteiger partial charge in [0.1, 0.15) is 4.21 Å². The summed E-state index contributed by atoms with van der Waals surface area (Å²) in [5.74, 6) is 0. The fourth-order valence-electron chi connectivity index (χ4n) is 1.53. The lowest BCUT2D eigenvalue weighted by Crippen LogP contribution is -2.25. The minimum absolute atomic E-state index is 0.316. The number of nitrogens with one attached hydrogen (secondary N) is 1. The molecule has 0 saturated heterocycles. The zero-order valence-electron chi connectivity index (χ0n) is 9.97. The first-order valence-corrected chi connectivity index (χ1v) is 8.66. The SMILES string of the molecule is Nc1ccc(CCNS(=O)(=O)c2ccc(Br)s2)cc1. The van der Waals surface area contributed by atoms with Gasteiger partial charge in [-0.15, -0.1) is 11.3 Å². The number of hydrogen-bond donors (Lipinski definition) is 2. The highest BCUT2D eigenvalue weighted by atomic mass is 79.9. The zero-order valence-corrected chi connectivity index (χ0v) is 13.2. The van der Waals surface area contributed by atoms with Gasteiger partial charge in [0.15, 0.2) is 0 Å². The smallest absolute Gasteiger partial charge is 0.250 e. The molecule has 1 aromatic heterocycles. The van der Waals surface area contributed by atoms with Gasteiger partial charge in [-0.1, -0.05) is 12.1 Å². The van der Waals surface area contributed by atoms with Crippen LogP contribution in [0.1, 0.15) is 5.56 Å². The quantitative estimate of drug-likeness (QED) is 0.805. The molecule has 0 aliphatic heterocycles. The van der Waals surface area contributed by atoms with E-state index in [0.29, 0.717) is 22.9 Å². The van der Waals surface area contributed by atoms with E-state index in [1.54, 1.807) is 24.3 Å². The molecule has 0 fully saturated rings. The van der Waals surface area contributed by atoms with E-state index in [1.165, 1.54) is 11.3 Å². The molecule has 0 amide bonds. The largest absolute Gasteiger partial charge is 0.399 e. The zero-order chi connectivity index (χ0) is 13.9. The van der Waals surface area contributed by atoms with Gasteiger partial charge in [-0.3, -0.25) is 0 Å². The van der Waals surface area contributed by atoms with Crippen LogP contribution in [0.2, 0.25) is 0 Å². The maximum Gasteiger partial charge on any atom is 0.250 e. The van der Waals surface area contributed by atoms with Gasteiger partial charge < -0.3 is 5.73 Å². The van der Waals surface area contributed by atoms with Gasteiger partial charge in [0.2, 0.25) is 10.0 Å². The Hall–Kier alpha value is -0.890. The molecule has 2 rings (SSSR count). The number of nitrogen functional groups attached to an aromatic ring is 1. The van der Waals surface area contributed by atoms with Gasteiger partial charge in [-0.05, 0) is 52.2 Å². The summed E-state index contributed by atoms with van der Waals surface area (Å²) in [4.78, 5) is 0. The molecule has 1 heterocycles. The number of thiophene rings is 1. The number of nitrogens with two attached hydrogens (primary N) is 1. The van der Waals surface area contributed by atoms with Crippen molar-refractivity contribution in [2.45, 2.75) is 10.6 Å². The summed E-state index contributed by atoms with van der Waals surface area (Å²) in [6.07, 6.45) is 0.631. The molecule has 0 aliphatic carbocycles. The Morgan fingerprint density at radius 1 is 1.16 bits per heavy atom. The van der Waals surface area contributed by atoms with Crippen LogP contribution in [0.3, 0.4) is 0 Å². The molecule has 102 valence electrons. The highest BCUT2D eigenvalue weighted by molar-refractivity contribution is 9.11. The van der Waals surface area contributed by atoms with E-state index < -0.39 is 10.0 Å². The number of hydrogen-bond acceptors (Lipinski definition) is 4.